The zero-order valence-corrected chi connectivity index (χ0v) is 25.0. The summed E-state index contributed by atoms with van der Waals surface area (Å²) in [5.74, 6) is -0.810. The second-order valence-corrected chi connectivity index (χ2v) is 12.3. The third kappa shape index (κ3) is 5.69. The van der Waals surface area contributed by atoms with Crippen LogP contribution in [0.5, 0.6) is 11.5 Å². The molecule has 9 nitrogen and oxygen atoms in total. The molecule has 13 heteroatoms. The molecule has 0 radical (unpaired) electrons. The summed E-state index contributed by atoms with van der Waals surface area (Å²) in [5.41, 5.74) is 1.85. The number of rotatable bonds is 10. The van der Waals surface area contributed by atoms with Gasteiger partial charge in [0.25, 0.3) is 5.91 Å². The Morgan fingerprint density at radius 3 is 2.54 bits per heavy atom. The second-order valence-electron chi connectivity index (χ2n) is 8.93. The van der Waals surface area contributed by atoms with E-state index in [0.717, 1.165) is 16.9 Å². The number of halogens is 1. The maximum atomic E-state index is 13.9. The van der Waals surface area contributed by atoms with Gasteiger partial charge in [-0.25, -0.2) is 9.37 Å². The van der Waals surface area contributed by atoms with Gasteiger partial charge in [-0.2, -0.15) is 0 Å². The predicted octanol–water partition coefficient (Wildman–Crippen LogP) is 6.23. The van der Waals surface area contributed by atoms with Crippen molar-refractivity contribution in [2.75, 3.05) is 18.6 Å². The normalized spacial score (nSPS) is 15.1. The van der Waals surface area contributed by atoms with Gasteiger partial charge in [-0.1, -0.05) is 41.3 Å². The fourth-order valence-electron chi connectivity index (χ4n) is 4.43. The molecule has 212 valence electrons. The number of aliphatic hydroxyl groups excluding tert-OH is 1. The van der Waals surface area contributed by atoms with Crippen LogP contribution >= 0.6 is 34.4 Å². The summed E-state index contributed by atoms with van der Waals surface area (Å²) >= 11 is 3.73. The third-order valence-corrected chi connectivity index (χ3v) is 9.44. The van der Waals surface area contributed by atoms with Crippen LogP contribution in [0.25, 0.3) is 0 Å². The van der Waals surface area contributed by atoms with Crippen LogP contribution in [-0.4, -0.2) is 45.7 Å². The number of amides is 1. The number of aromatic nitrogens is 3. The van der Waals surface area contributed by atoms with Gasteiger partial charge < -0.3 is 14.6 Å². The largest absolute Gasteiger partial charge is 0.503 e. The number of ketones is 1. The summed E-state index contributed by atoms with van der Waals surface area (Å²) in [5, 5.41) is 20.5. The van der Waals surface area contributed by atoms with Gasteiger partial charge in [0.1, 0.15) is 5.82 Å². The van der Waals surface area contributed by atoms with Crippen LogP contribution in [0.2, 0.25) is 0 Å². The van der Waals surface area contributed by atoms with Crippen LogP contribution in [0.4, 0.5) is 9.52 Å². The lowest BCUT2D eigenvalue weighted by Gasteiger charge is -2.24. The summed E-state index contributed by atoms with van der Waals surface area (Å²) < 4.78 is 25.0. The van der Waals surface area contributed by atoms with Gasteiger partial charge in [-0.05, 0) is 56.2 Å². The zero-order valence-electron chi connectivity index (χ0n) is 22.5. The van der Waals surface area contributed by atoms with Crippen LogP contribution in [0, 0.1) is 19.7 Å². The summed E-state index contributed by atoms with van der Waals surface area (Å²) in [6.45, 7) is 5.77. The van der Waals surface area contributed by atoms with Gasteiger partial charge in [0.05, 0.1) is 40.9 Å². The number of aryl methyl sites for hydroxylation is 2. The van der Waals surface area contributed by atoms with Crippen LogP contribution in [0.3, 0.4) is 0 Å². The molecule has 4 aromatic rings. The number of ether oxygens (including phenoxy) is 2. The van der Waals surface area contributed by atoms with Gasteiger partial charge in [-0.3, -0.25) is 14.5 Å². The molecule has 5 rings (SSSR count). The Balaban J connectivity index is 1.54. The molecule has 0 aliphatic carbocycles. The maximum Gasteiger partial charge on any atom is 0.296 e. The van der Waals surface area contributed by atoms with Crippen LogP contribution < -0.4 is 14.4 Å². The number of aliphatic hydroxyl groups is 1. The lowest BCUT2D eigenvalue weighted by atomic mass is 9.95. The molecular formula is C28H25FN4O5S3. The molecule has 1 N–H and O–H groups in total. The Bertz CT molecular complexity index is 1650. The van der Waals surface area contributed by atoms with E-state index < -0.39 is 23.5 Å². The van der Waals surface area contributed by atoms with Crippen molar-refractivity contribution in [2.24, 2.45) is 0 Å². The highest BCUT2D eigenvalue weighted by molar-refractivity contribution is 8.00. The fraction of sp³-hybridized carbons (Fsp3) is 0.250. The molecule has 1 atom stereocenters. The number of Topliss-reactive ketones (excluding diaryl/α,β-unsaturated/α-hetero) is 1. The van der Waals surface area contributed by atoms with Crippen LogP contribution in [0.1, 0.15) is 44.5 Å². The maximum absolute atomic E-state index is 13.9. The smallest absolute Gasteiger partial charge is 0.296 e. The molecule has 2 aromatic heterocycles. The molecule has 0 spiro atoms. The molecule has 1 aliphatic heterocycles. The standard InChI is InChI=1S/C28H25FN4O5S3/c1-5-38-19-11-8-17(12-20(19)37-4)22-21(23(34)25-14(2)30-15(3)40-25)24(35)26(36)33(22)27-31-32-28(41-27)39-13-16-6-9-18(29)10-7-16/h6-12,22,35H,5,13H2,1-4H3. The minimum atomic E-state index is -1.01. The number of thioether (sulfide) groups is 1. The Hall–Kier alpha value is -3.81. The fourth-order valence-corrected chi connectivity index (χ4v) is 7.12. The average molecular weight is 613 g/mol. The molecule has 1 unspecified atom stereocenters. The number of anilines is 1. The highest BCUT2D eigenvalue weighted by atomic mass is 32.2. The molecule has 1 aliphatic rings. The minimum Gasteiger partial charge on any atom is -0.503 e. The highest BCUT2D eigenvalue weighted by Crippen LogP contribution is 2.46. The van der Waals surface area contributed by atoms with E-state index in [2.05, 4.69) is 15.2 Å². The first-order valence-electron chi connectivity index (χ1n) is 12.5. The van der Waals surface area contributed by atoms with Gasteiger partial charge in [0.2, 0.25) is 10.9 Å². The van der Waals surface area contributed by atoms with Gasteiger partial charge in [0.15, 0.2) is 21.6 Å². The number of methoxy groups -OCH3 is 1. The summed E-state index contributed by atoms with van der Waals surface area (Å²) in [6, 6.07) is 10.2. The summed E-state index contributed by atoms with van der Waals surface area (Å²) in [7, 11) is 1.50. The molecule has 41 heavy (non-hydrogen) atoms. The lowest BCUT2D eigenvalue weighted by Crippen LogP contribution is -2.31. The molecule has 3 heterocycles. The predicted molar refractivity (Wildman–Crippen MR) is 156 cm³/mol. The number of carbonyl (C=O) groups excluding carboxylic acids is 2. The Morgan fingerprint density at radius 2 is 1.88 bits per heavy atom. The van der Waals surface area contributed by atoms with Crippen LogP contribution in [-0.2, 0) is 10.5 Å². The second kappa shape index (κ2) is 12.0. The summed E-state index contributed by atoms with van der Waals surface area (Å²) in [4.78, 5) is 33.4. The quantitative estimate of drug-likeness (QED) is 0.126. The Kier molecular flexibility index (Phi) is 8.38. The van der Waals surface area contributed by atoms with Crippen molar-refractivity contribution >= 4 is 51.3 Å². The van der Waals surface area contributed by atoms with E-state index in [9.17, 15) is 19.1 Å². The number of hydrogen-bond donors (Lipinski definition) is 1. The first-order chi connectivity index (χ1) is 19.7. The van der Waals surface area contributed by atoms with Crippen molar-refractivity contribution in [3.8, 4) is 11.5 Å². The van der Waals surface area contributed by atoms with Crippen LogP contribution in [0.15, 0.2) is 58.1 Å². The molecule has 2 aromatic carbocycles. The Labute approximate surface area is 247 Å². The molecule has 1 amide bonds. The SMILES string of the molecule is CCOc1ccc(C2C(C(=O)c3sc(C)nc3C)=C(O)C(=O)N2c2nnc(SCc3ccc(F)cc3)s2)cc1OC. The third-order valence-electron chi connectivity index (χ3n) is 6.24. The van der Waals surface area contributed by atoms with E-state index in [-0.39, 0.29) is 16.5 Å². The van der Waals surface area contributed by atoms with Gasteiger partial charge in [-0.15, -0.1) is 21.5 Å². The van der Waals surface area contributed by atoms with E-state index in [1.807, 2.05) is 6.92 Å². The molecule has 0 bridgehead atoms. The average Bonchev–Trinajstić information content (AvgIpc) is 3.64. The zero-order chi connectivity index (χ0) is 29.3. The first-order valence-corrected chi connectivity index (χ1v) is 15.1. The van der Waals surface area contributed by atoms with Crippen molar-refractivity contribution in [3.05, 3.63) is 86.3 Å². The van der Waals surface area contributed by atoms with Crippen molar-refractivity contribution in [1.29, 1.82) is 0 Å². The lowest BCUT2D eigenvalue weighted by molar-refractivity contribution is -0.117. The molecular weight excluding hydrogens is 588 g/mol. The molecule has 0 fully saturated rings. The minimum absolute atomic E-state index is 0.0799. The number of thiazole rings is 1. The van der Waals surface area contributed by atoms with E-state index in [1.54, 1.807) is 44.2 Å². The van der Waals surface area contributed by atoms with Gasteiger partial charge >= 0.3 is 0 Å². The number of hydrogen-bond acceptors (Lipinski definition) is 11. The highest BCUT2D eigenvalue weighted by Gasteiger charge is 2.47. The number of benzene rings is 2. The summed E-state index contributed by atoms with van der Waals surface area (Å²) in [6.07, 6.45) is 0. The van der Waals surface area contributed by atoms with E-state index >= 15 is 0 Å². The Morgan fingerprint density at radius 1 is 1.12 bits per heavy atom. The van der Waals surface area contributed by atoms with E-state index in [4.69, 9.17) is 9.47 Å². The van der Waals surface area contributed by atoms with E-state index in [0.29, 0.717) is 49.3 Å². The van der Waals surface area contributed by atoms with Crippen molar-refractivity contribution < 1.29 is 28.6 Å². The van der Waals surface area contributed by atoms with Crippen molar-refractivity contribution in [3.63, 3.8) is 0 Å². The topological polar surface area (TPSA) is 115 Å². The number of nitrogens with zero attached hydrogens (tertiary/aromatic N) is 4. The van der Waals surface area contributed by atoms with Crippen molar-refractivity contribution in [1.82, 2.24) is 15.2 Å². The molecule has 0 saturated carbocycles. The number of carbonyl (C=O) groups is 2. The first kappa shape index (κ1) is 28.7. The molecule has 0 saturated heterocycles. The monoisotopic (exact) mass is 612 g/mol. The van der Waals surface area contributed by atoms with E-state index in [1.165, 1.54) is 47.2 Å². The van der Waals surface area contributed by atoms with Crippen molar-refractivity contribution in [2.45, 2.75) is 36.9 Å². The van der Waals surface area contributed by atoms with Gasteiger partial charge in [0, 0.05) is 5.75 Å².